The lowest BCUT2D eigenvalue weighted by Gasteiger charge is -2.08. The third-order valence-corrected chi connectivity index (χ3v) is 5.58. The van der Waals surface area contributed by atoms with Gasteiger partial charge >= 0.3 is 0 Å². The van der Waals surface area contributed by atoms with Gasteiger partial charge in [-0.2, -0.15) is 0 Å². The molecule has 3 aromatic rings. The van der Waals surface area contributed by atoms with Gasteiger partial charge in [0.05, 0.1) is 12.8 Å². The average Bonchev–Trinajstić information content (AvgIpc) is 3.36. The molecule has 0 bridgehead atoms. The van der Waals surface area contributed by atoms with Crippen LogP contribution in [0.4, 0.5) is 5.95 Å². The topological polar surface area (TPSA) is 70.1 Å². The highest BCUT2D eigenvalue weighted by Crippen LogP contribution is 2.59. The summed E-state index contributed by atoms with van der Waals surface area (Å²) in [5.74, 6) is 2.09. The van der Waals surface area contributed by atoms with E-state index in [2.05, 4.69) is 42.2 Å². The Kier molecular flexibility index (Phi) is 4.22. The second-order valence-electron chi connectivity index (χ2n) is 7.20. The molecule has 2 aromatic carbocycles. The molecule has 4 rings (SSSR count). The zero-order valence-electron chi connectivity index (χ0n) is 15.7. The third-order valence-electron chi connectivity index (χ3n) is 5.58. The predicted octanol–water partition coefficient (Wildman–Crippen LogP) is 3.56. The lowest BCUT2D eigenvalue weighted by atomic mass is 9.99. The molecular weight excluding hydrogens is 338 g/mol. The van der Waals surface area contributed by atoms with E-state index >= 15 is 0 Å². The molecule has 1 aromatic heterocycles. The van der Waals surface area contributed by atoms with Gasteiger partial charge in [0.1, 0.15) is 5.75 Å². The fraction of sp³-hybridized carbons (Fsp3) is 0.273. The largest absolute Gasteiger partial charge is 0.497 e. The summed E-state index contributed by atoms with van der Waals surface area (Å²) in [6, 6.07) is 18.2. The molecule has 2 N–H and O–H groups in total. The van der Waals surface area contributed by atoms with Crippen molar-refractivity contribution in [2.24, 2.45) is 13.0 Å². The molecule has 5 heteroatoms. The summed E-state index contributed by atoms with van der Waals surface area (Å²) in [6.45, 7) is 2.20. The molecule has 1 fully saturated rings. The number of nitrogen functional groups attached to an aromatic ring is 1. The van der Waals surface area contributed by atoms with Crippen LogP contribution >= 0.6 is 0 Å². The monoisotopic (exact) mass is 361 g/mol. The fourth-order valence-electron chi connectivity index (χ4n) is 3.90. The number of benzene rings is 2. The van der Waals surface area contributed by atoms with Crippen molar-refractivity contribution in [2.45, 2.75) is 18.8 Å². The van der Waals surface area contributed by atoms with Gasteiger partial charge in [0.15, 0.2) is 0 Å². The first-order valence-corrected chi connectivity index (χ1v) is 9.07. The molecule has 1 aliphatic rings. The minimum absolute atomic E-state index is 0.111. The highest BCUT2D eigenvalue weighted by Gasteiger charge is 2.49. The van der Waals surface area contributed by atoms with Crippen molar-refractivity contribution in [1.29, 1.82) is 0 Å². The first-order valence-electron chi connectivity index (χ1n) is 9.07. The summed E-state index contributed by atoms with van der Waals surface area (Å²) in [5, 5.41) is 0. The van der Waals surface area contributed by atoms with E-state index in [-0.39, 0.29) is 17.4 Å². The van der Waals surface area contributed by atoms with Crippen molar-refractivity contribution >= 4 is 5.95 Å². The van der Waals surface area contributed by atoms with Crippen LogP contribution in [0.2, 0.25) is 0 Å². The van der Waals surface area contributed by atoms with Crippen molar-refractivity contribution in [1.82, 2.24) is 9.55 Å². The molecule has 1 heterocycles. The molecule has 138 valence electrons. The predicted molar refractivity (Wildman–Crippen MR) is 107 cm³/mol. The summed E-state index contributed by atoms with van der Waals surface area (Å²) in [7, 11) is 3.31. The molecule has 0 spiro atoms. The smallest absolute Gasteiger partial charge is 0.254 e. The number of ether oxygens (including phenoxy) is 1. The maximum Gasteiger partial charge on any atom is 0.254 e. The maximum atomic E-state index is 12.1. The fourth-order valence-corrected chi connectivity index (χ4v) is 3.90. The second-order valence-corrected chi connectivity index (χ2v) is 7.20. The lowest BCUT2D eigenvalue weighted by Crippen LogP contribution is -2.21. The SMILES string of the molecule is COc1cccc(-c2cccc(C3C(C)C3c3cc(=O)n(C)c(N)n3)c2)c1. The highest BCUT2D eigenvalue weighted by molar-refractivity contribution is 5.66. The van der Waals surface area contributed by atoms with E-state index in [0.717, 1.165) is 22.6 Å². The summed E-state index contributed by atoms with van der Waals surface area (Å²) in [5.41, 5.74) is 10.1. The minimum atomic E-state index is -0.111. The van der Waals surface area contributed by atoms with Crippen LogP contribution in [0.1, 0.15) is 30.0 Å². The number of anilines is 1. The van der Waals surface area contributed by atoms with Crippen LogP contribution in [0, 0.1) is 5.92 Å². The zero-order chi connectivity index (χ0) is 19.1. The molecule has 27 heavy (non-hydrogen) atoms. The second kappa shape index (κ2) is 6.58. The van der Waals surface area contributed by atoms with E-state index in [1.54, 1.807) is 20.2 Å². The Balaban J connectivity index is 1.66. The van der Waals surface area contributed by atoms with Crippen molar-refractivity contribution in [3.05, 3.63) is 76.2 Å². The van der Waals surface area contributed by atoms with Gasteiger partial charge in [-0.15, -0.1) is 0 Å². The molecule has 0 saturated heterocycles. The van der Waals surface area contributed by atoms with E-state index in [1.807, 2.05) is 18.2 Å². The average molecular weight is 361 g/mol. The van der Waals surface area contributed by atoms with Gasteiger partial charge < -0.3 is 10.5 Å². The summed E-state index contributed by atoms with van der Waals surface area (Å²) in [4.78, 5) is 16.5. The summed E-state index contributed by atoms with van der Waals surface area (Å²) >= 11 is 0. The van der Waals surface area contributed by atoms with Gasteiger partial charge in [0.2, 0.25) is 5.95 Å². The number of aromatic nitrogens is 2. The number of methoxy groups -OCH3 is 1. The minimum Gasteiger partial charge on any atom is -0.497 e. The van der Waals surface area contributed by atoms with Gasteiger partial charge in [-0.1, -0.05) is 43.3 Å². The van der Waals surface area contributed by atoms with E-state index < -0.39 is 0 Å². The zero-order valence-corrected chi connectivity index (χ0v) is 15.7. The molecule has 0 aliphatic heterocycles. The first-order chi connectivity index (χ1) is 13.0. The molecule has 3 atom stereocenters. The summed E-state index contributed by atoms with van der Waals surface area (Å²) in [6.07, 6.45) is 0. The van der Waals surface area contributed by atoms with Gasteiger partial charge in [-0.3, -0.25) is 9.36 Å². The Hall–Kier alpha value is -3.08. The molecule has 1 aliphatic carbocycles. The Morgan fingerprint density at radius 3 is 2.44 bits per heavy atom. The van der Waals surface area contributed by atoms with E-state index in [0.29, 0.717) is 11.8 Å². The molecule has 1 saturated carbocycles. The van der Waals surface area contributed by atoms with Gasteiger partial charge in [-0.05, 0) is 40.7 Å². The maximum absolute atomic E-state index is 12.1. The number of nitrogens with two attached hydrogens (primary N) is 1. The number of hydrogen-bond acceptors (Lipinski definition) is 4. The molecule has 0 amide bonds. The number of rotatable bonds is 4. The van der Waals surface area contributed by atoms with E-state index in [1.165, 1.54) is 10.1 Å². The van der Waals surface area contributed by atoms with Crippen molar-refractivity contribution in [3.8, 4) is 16.9 Å². The Morgan fingerprint density at radius 2 is 1.74 bits per heavy atom. The highest BCUT2D eigenvalue weighted by atomic mass is 16.5. The normalized spacial score (nSPS) is 21.1. The standard InChI is InChI=1S/C22H23N3O2/c1-13-20(21(13)18-12-19(26)25(2)22(23)24-18)16-8-4-6-14(10-16)15-7-5-9-17(11-15)27-3/h4-13,20-21H,1-3H3,(H2,23,24). The summed E-state index contributed by atoms with van der Waals surface area (Å²) < 4.78 is 6.71. The number of nitrogens with zero attached hydrogens (tertiary/aromatic N) is 2. The Morgan fingerprint density at radius 1 is 1.04 bits per heavy atom. The Bertz CT molecular complexity index is 1060. The van der Waals surface area contributed by atoms with Gasteiger partial charge in [-0.25, -0.2) is 4.98 Å². The van der Waals surface area contributed by atoms with Crippen LogP contribution in [-0.2, 0) is 7.05 Å². The number of hydrogen-bond donors (Lipinski definition) is 1. The van der Waals surface area contributed by atoms with Crippen LogP contribution in [-0.4, -0.2) is 16.7 Å². The first kappa shape index (κ1) is 17.3. The lowest BCUT2D eigenvalue weighted by molar-refractivity contribution is 0.415. The van der Waals surface area contributed by atoms with Crippen LogP contribution in [0.15, 0.2) is 59.4 Å². The van der Waals surface area contributed by atoms with Crippen molar-refractivity contribution < 1.29 is 4.74 Å². The van der Waals surface area contributed by atoms with Crippen molar-refractivity contribution in [3.63, 3.8) is 0 Å². The molecule has 5 nitrogen and oxygen atoms in total. The van der Waals surface area contributed by atoms with Crippen LogP contribution < -0.4 is 16.0 Å². The molecule has 0 radical (unpaired) electrons. The van der Waals surface area contributed by atoms with E-state index in [4.69, 9.17) is 10.5 Å². The third kappa shape index (κ3) is 3.10. The van der Waals surface area contributed by atoms with Crippen LogP contribution in [0.3, 0.4) is 0 Å². The quantitative estimate of drug-likeness (QED) is 0.771. The van der Waals surface area contributed by atoms with Crippen molar-refractivity contribution in [2.75, 3.05) is 12.8 Å². The van der Waals surface area contributed by atoms with Crippen LogP contribution in [0.25, 0.3) is 11.1 Å². The molecular formula is C22H23N3O2. The van der Waals surface area contributed by atoms with Gasteiger partial charge in [0.25, 0.3) is 5.56 Å². The van der Waals surface area contributed by atoms with E-state index in [9.17, 15) is 4.79 Å². The molecule has 3 unspecified atom stereocenters. The van der Waals surface area contributed by atoms with Gasteiger partial charge in [0, 0.05) is 19.0 Å². The Labute approximate surface area is 158 Å². The van der Waals surface area contributed by atoms with Crippen LogP contribution in [0.5, 0.6) is 5.75 Å².